The monoisotopic (exact) mass is 651 g/mol. The van der Waals surface area contributed by atoms with Crippen LogP contribution in [-0.2, 0) is 6.18 Å². The highest BCUT2D eigenvalue weighted by Crippen LogP contribution is 2.49. The number of nitrogen functional groups attached to an aromatic ring is 2. The van der Waals surface area contributed by atoms with E-state index in [9.17, 15) is 22.0 Å². The molecular weight excluding hydrogens is 616 g/mol. The van der Waals surface area contributed by atoms with Gasteiger partial charge in [0.15, 0.2) is 5.82 Å². The van der Waals surface area contributed by atoms with Crippen LogP contribution < -0.4 is 26.3 Å². The molecule has 1 aromatic carbocycles. The summed E-state index contributed by atoms with van der Waals surface area (Å²) in [5.41, 5.74) is 6.63. The lowest BCUT2D eigenvalue weighted by molar-refractivity contribution is -0.137. The van der Waals surface area contributed by atoms with Crippen LogP contribution >= 0.6 is 0 Å². The number of anilines is 2. The zero-order valence-electron chi connectivity index (χ0n) is 25.5. The Bertz CT molecular complexity index is 1720. The number of hydrogen-bond acceptors (Lipinski definition) is 9. The van der Waals surface area contributed by atoms with Crippen molar-refractivity contribution in [1.29, 1.82) is 0 Å². The summed E-state index contributed by atoms with van der Waals surface area (Å²) >= 11 is 0. The number of rotatable bonds is 8. The zero-order chi connectivity index (χ0) is 32.9. The Hall–Kier alpha value is -3.59. The van der Waals surface area contributed by atoms with E-state index in [2.05, 4.69) is 20.3 Å². The molecule has 9 nitrogen and oxygen atoms in total. The van der Waals surface area contributed by atoms with Gasteiger partial charge in [-0.25, -0.2) is 18.2 Å². The van der Waals surface area contributed by atoms with Crippen molar-refractivity contribution in [3.05, 3.63) is 28.8 Å². The first kappa shape index (κ1) is 31.0. The summed E-state index contributed by atoms with van der Waals surface area (Å²) in [4.78, 5) is 14.7. The lowest BCUT2D eigenvalue weighted by atomic mass is 9.86. The van der Waals surface area contributed by atoms with Gasteiger partial charge in [0.2, 0.25) is 5.88 Å². The minimum atomic E-state index is -5.08. The van der Waals surface area contributed by atoms with Crippen molar-refractivity contribution in [2.75, 3.05) is 31.2 Å². The Kier molecular flexibility index (Phi) is 7.23. The zero-order valence-corrected chi connectivity index (χ0v) is 25.5. The second kappa shape index (κ2) is 10.7. The molecule has 1 saturated carbocycles. The molecule has 0 amide bonds. The van der Waals surface area contributed by atoms with Crippen LogP contribution in [-0.4, -0.2) is 69.4 Å². The number of ether oxygens (including phenoxy) is 2. The van der Waals surface area contributed by atoms with Crippen molar-refractivity contribution in [2.24, 2.45) is 11.8 Å². The van der Waals surface area contributed by atoms with Crippen molar-refractivity contribution >= 4 is 22.4 Å². The van der Waals surface area contributed by atoms with Crippen LogP contribution in [0, 0.1) is 30.4 Å². The van der Waals surface area contributed by atoms with E-state index in [-0.39, 0.29) is 54.6 Å². The predicted molar refractivity (Wildman–Crippen MR) is 158 cm³/mol. The maximum Gasteiger partial charge on any atom is 0.417 e. The predicted octanol–water partition coefficient (Wildman–Crippen LogP) is 5.18. The minimum Gasteiger partial charge on any atom is -0.474 e. The molecule has 4 aliphatic rings. The third kappa shape index (κ3) is 4.88. The van der Waals surface area contributed by atoms with Gasteiger partial charge in [0.05, 0.1) is 16.8 Å². The first-order valence-electron chi connectivity index (χ1n) is 15.5. The Labute approximate surface area is 261 Å². The Morgan fingerprint density at radius 3 is 2.59 bits per heavy atom. The molecular formula is C31H35F6N7O2. The van der Waals surface area contributed by atoms with E-state index in [1.54, 1.807) is 0 Å². The largest absolute Gasteiger partial charge is 0.474 e. The second-order valence-electron chi connectivity index (χ2n) is 13.1. The number of fused-ring (bicyclic) bond motifs is 3. The topological polar surface area (TPSA) is 124 Å². The highest BCUT2D eigenvalue weighted by atomic mass is 19.4. The third-order valence-corrected chi connectivity index (χ3v) is 10.3. The number of hydrogen-bond donors (Lipinski definition) is 3. The van der Waals surface area contributed by atoms with Gasteiger partial charge in [0.25, 0.3) is 0 Å². The smallest absolute Gasteiger partial charge is 0.417 e. The molecule has 4 fully saturated rings. The van der Waals surface area contributed by atoms with E-state index < -0.39 is 69.2 Å². The van der Waals surface area contributed by atoms with E-state index in [1.807, 2.05) is 18.7 Å². The molecule has 46 heavy (non-hydrogen) atoms. The van der Waals surface area contributed by atoms with Gasteiger partial charge in [-0.05, 0) is 50.7 Å². The maximum absolute atomic E-state index is 16.5. The van der Waals surface area contributed by atoms with Gasteiger partial charge in [-0.2, -0.15) is 23.1 Å². The van der Waals surface area contributed by atoms with Crippen LogP contribution in [0.25, 0.3) is 22.2 Å². The average molecular weight is 652 g/mol. The molecule has 15 heteroatoms. The van der Waals surface area contributed by atoms with E-state index in [4.69, 9.17) is 20.9 Å². The summed E-state index contributed by atoms with van der Waals surface area (Å²) in [7, 11) is 0. The van der Waals surface area contributed by atoms with Gasteiger partial charge in [-0.1, -0.05) is 6.92 Å². The molecule has 1 aliphatic carbocycles. The fraction of sp³-hybridized carbons (Fsp3) is 0.581. The number of halogens is 6. The van der Waals surface area contributed by atoms with Crippen LogP contribution in [0.2, 0.25) is 0 Å². The highest BCUT2D eigenvalue weighted by Gasteiger charge is 2.55. The Morgan fingerprint density at radius 1 is 1.17 bits per heavy atom. The summed E-state index contributed by atoms with van der Waals surface area (Å²) in [5, 5.41) is 3.42. The van der Waals surface area contributed by atoms with Crippen molar-refractivity contribution in [3.63, 3.8) is 0 Å². The van der Waals surface area contributed by atoms with Gasteiger partial charge in [-0.3, -0.25) is 4.90 Å². The summed E-state index contributed by atoms with van der Waals surface area (Å²) in [6.07, 6.45) is -3.85. The van der Waals surface area contributed by atoms with Crippen molar-refractivity contribution in [3.8, 4) is 23.1 Å². The van der Waals surface area contributed by atoms with Gasteiger partial charge < -0.3 is 26.3 Å². The SMILES string of the molecule is CC[C@@H]1N[C@H]2CC2[C@@H]1[C@H](C)Oc1nc(-c2cc(N)c(F)c(C)c2C(F)(F)F)c(F)c2nc(OC[C@]34CCN3C[C@H](F)C4)nc(N)c12. The van der Waals surface area contributed by atoms with Crippen LogP contribution in [0.3, 0.4) is 0 Å². The van der Waals surface area contributed by atoms with Crippen molar-refractivity contribution in [2.45, 2.75) is 82.5 Å². The normalized spacial score (nSPS) is 29.4. The van der Waals surface area contributed by atoms with Crippen molar-refractivity contribution < 1.29 is 35.8 Å². The number of nitrogens with one attached hydrogen (secondary N) is 1. The van der Waals surface area contributed by atoms with Crippen LogP contribution in [0.15, 0.2) is 6.07 Å². The molecule has 7 rings (SSSR count). The van der Waals surface area contributed by atoms with E-state index in [0.29, 0.717) is 31.0 Å². The van der Waals surface area contributed by atoms with Gasteiger partial charge in [0.1, 0.15) is 47.1 Å². The van der Waals surface area contributed by atoms with Crippen LogP contribution in [0.4, 0.5) is 37.8 Å². The first-order valence-corrected chi connectivity index (χ1v) is 15.5. The molecule has 0 radical (unpaired) electrons. The van der Waals surface area contributed by atoms with Gasteiger partial charge >= 0.3 is 12.2 Å². The molecule has 248 valence electrons. The minimum absolute atomic E-state index is 0.0138. The molecule has 5 heterocycles. The molecule has 1 unspecified atom stereocenters. The summed E-state index contributed by atoms with van der Waals surface area (Å²) in [6.45, 7) is 5.80. The van der Waals surface area contributed by atoms with E-state index >= 15 is 4.39 Å². The molecule has 5 N–H and O–H groups in total. The Morgan fingerprint density at radius 2 is 1.93 bits per heavy atom. The number of nitrogens with zero attached hydrogens (tertiary/aromatic N) is 4. The fourth-order valence-corrected chi connectivity index (χ4v) is 7.92. The molecule has 3 aromatic rings. The number of benzene rings is 1. The maximum atomic E-state index is 16.5. The first-order chi connectivity index (χ1) is 21.7. The Balaban J connectivity index is 1.36. The second-order valence-corrected chi connectivity index (χ2v) is 13.1. The number of aromatic nitrogens is 3. The molecule has 0 spiro atoms. The fourth-order valence-electron chi connectivity index (χ4n) is 7.92. The standard InChI is InChI=1S/C31H35F6N7O2/c1-4-18-20(15-8-19(15)40-18)13(3)46-28-21-26(42-29(43-27(21)39)45-11-30-5-6-44(30)10-14(32)9-30)24(34)25(41-28)16-7-17(38)23(33)12(2)22(16)31(35,36)37/h7,13-15,18-20,40H,4-6,8-11,38H2,1-3H3,(H2,39,42,43)/t13-,14+,15?,18-,19-,20-,30+/m0/s1. The number of nitrogens with two attached hydrogens (primary N) is 2. The van der Waals surface area contributed by atoms with Gasteiger partial charge in [-0.15, -0.1) is 0 Å². The quantitative estimate of drug-likeness (QED) is 0.223. The molecule has 3 aliphatic heterocycles. The van der Waals surface area contributed by atoms with Crippen LogP contribution in [0.5, 0.6) is 11.9 Å². The molecule has 2 aromatic heterocycles. The van der Waals surface area contributed by atoms with Crippen molar-refractivity contribution in [1.82, 2.24) is 25.2 Å². The van der Waals surface area contributed by atoms with Crippen LogP contribution in [0.1, 0.15) is 50.7 Å². The summed E-state index contributed by atoms with van der Waals surface area (Å²) < 4.78 is 101. The number of alkyl halides is 4. The van der Waals surface area contributed by atoms with E-state index in [0.717, 1.165) is 19.8 Å². The third-order valence-electron chi connectivity index (χ3n) is 10.3. The summed E-state index contributed by atoms with van der Waals surface area (Å²) in [6, 6.07) is 0.875. The summed E-state index contributed by atoms with van der Waals surface area (Å²) in [5.74, 6) is -2.67. The number of pyridine rings is 1. The molecule has 0 bridgehead atoms. The van der Waals surface area contributed by atoms with Gasteiger partial charge in [0, 0.05) is 43.1 Å². The highest BCUT2D eigenvalue weighted by molar-refractivity contribution is 5.96. The molecule has 3 saturated heterocycles. The lowest BCUT2D eigenvalue weighted by Gasteiger charge is -2.47. The van der Waals surface area contributed by atoms with E-state index in [1.165, 1.54) is 0 Å². The molecule has 7 atom stereocenters. The lowest BCUT2D eigenvalue weighted by Crippen LogP contribution is -2.59. The number of piperidine rings is 1. The average Bonchev–Trinajstić information content (AvgIpc) is 3.58.